The fraction of sp³-hybridized carbons (Fsp3) is 0.538. The van der Waals surface area contributed by atoms with Gasteiger partial charge in [-0.25, -0.2) is 9.50 Å². The van der Waals surface area contributed by atoms with Crippen LogP contribution < -0.4 is 0 Å². The van der Waals surface area contributed by atoms with Gasteiger partial charge in [-0.15, -0.1) is 0 Å². The fourth-order valence-corrected chi connectivity index (χ4v) is 1.34. The van der Waals surface area contributed by atoms with Gasteiger partial charge in [0.25, 0.3) is 0 Å². The van der Waals surface area contributed by atoms with Gasteiger partial charge in [0.2, 0.25) is 0 Å². The molecular formula is C13H21N3. The summed E-state index contributed by atoms with van der Waals surface area (Å²) in [5.74, 6) is 0. The molecule has 0 radical (unpaired) electrons. The predicted molar refractivity (Wildman–Crippen MR) is 67.8 cm³/mol. The van der Waals surface area contributed by atoms with Gasteiger partial charge in [0, 0.05) is 23.9 Å². The van der Waals surface area contributed by atoms with E-state index in [-0.39, 0.29) is 5.41 Å². The Hall–Kier alpha value is -1.38. The highest BCUT2D eigenvalue weighted by Gasteiger charge is 2.17. The van der Waals surface area contributed by atoms with Crippen LogP contribution in [0.15, 0.2) is 18.5 Å². The van der Waals surface area contributed by atoms with E-state index in [9.17, 15) is 0 Å². The van der Waals surface area contributed by atoms with Gasteiger partial charge in [0.1, 0.15) is 0 Å². The summed E-state index contributed by atoms with van der Waals surface area (Å²) in [7, 11) is 0. The average molecular weight is 219 g/mol. The Morgan fingerprint density at radius 1 is 1.19 bits per heavy atom. The molecule has 3 nitrogen and oxygen atoms in total. The lowest BCUT2D eigenvalue weighted by Crippen LogP contribution is -2.11. The average Bonchev–Trinajstić information content (AvgIpc) is 2.63. The molecule has 0 N–H and O–H groups in total. The quantitative estimate of drug-likeness (QED) is 0.680. The molecule has 3 heteroatoms. The molecule has 0 unspecified atom stereocenters. The van der Waals surface area contributed by atoms with Crippen LogP contribution in [0.2, 0.25) is 0 Å². The molecule has 0 aromatic carbocycles. The summed E-state index contributed by atoms with van der Waals surface area (Å²) in [5.41, 5.74) is 3.21. The molecule has 0 atom stereocenters. The number of rotatable bonds is 0. The Kier molecular flexibility index (Phi) is 3.68. The molecule has 0 amide bonds. The second-order valence-corrected chi connectivity index (χ2v) is 4.71. The van der Waals surface area contributed by atoms with Crippen LogP contribution in [0.1, 0.15) is 45.9 Å². The van der Waals surface area contributed by atoms with Crippen molar-refractivity contribution in [2.24, 2.45) is 0 Å². The Morgan fingerprint density at radius 3 is 2.38 bits per heavy atom. The lowest BCUT2D eigenvalue weighted by atomic mass is 9.93. The predicted octanol–water partition coefficient (Wildman–Crippen LogP) is 3.36. The summed E-state index contributed by atoms with van der Waals surface area (Å²) >= 11 is 0. The lowest BCUT2D eigenvalue weighted by Gasteiger charge is -2.13. The topological polar surface area (TPSA) is 30.2 Å². The molecule has 16 heavy (non-hydrogen) atoms. The van der Waals surface area contributed by atoms with Gasteiger partial charge in [-0.3, -0.25) is 0 Å². The summed E-state index contributed by atoms with van der Waals surface area (Å²) in [5, 5.41) is 4.50. The molecule has 0 aliphatic heterocycles. The Morgan fingerprint density at radius 2 is 1.81 bits per heavy atom. The Bertz CT molecular complexity index is 463. The van der Waals surface area contributed by atoms with E-state index in [0.717, 1.165) is 16.9 Å². The van der Waals surface area contributed by atoms with E-state index in [4.69, 9.17) is 0 Å². The summed E-state index contributed by atoms with van der Waals surface area (Å²) < 4.78 is 1.84. The maximum atomic E-state index is 4.50. The molecule has 0 fully saturated rings. The highest BCUT2D eigenvalue weighted by Crippen LogP contribution is 2.21. The third kappa shape index (κ3) is 2.60. The van der Waals surface area contributed by atoms with Gasteiger partial charge in [-0.05, 0) is 12.5 Å². The van der Waals surface area contributed by atoms with Gasteiger partial charge >= 0.3 is 0 Å². The molecule has 2 aromatic rings. The molecule has 88 valence electrons. The molecule has 0 saturated heterocycles. The molecule has 0 saturated carbocycles. The van der Waals surface area contributed by atoms with Crippen molar-refractivity contribution in [1.82, 2.24) is 14.6 Å². The molecule has 0 spiro atoms. The van der Waals surface area contributed by atoms with Gasteiger partial charge in [-0.2, -0.15) is 5.10 Å². The van der Waals surface area contributed by atoms with Crippen LogP contribution in [0.3, 0.4) is 0 Å². The number of aromatic nitrogens is 3. The number of aryl methyl sites for hydroxylation is 1. The van der Waals surface area contributed by atoms with Crippen LogP contribution in [0.4, 0.5) is 0 Å². The number of hydrogen-bond acceptors (Lipinski definition) is 2. The third-order valence-electron chi connectivity index (χ3n) is 2.21. The molecular weight excluding hydrogens is 198 g/mol. The van der Waals surface area contributed by atoms with Crippen LogP contribution in [-0.4, -0.2) is 14.6 Å². The van der Waals surface area contributed by atoms with Crippen LogP contribution in [-0.2, 0) is 5.41 Å². The Balaban J connectivity index is 0.000000606. The van der Waals surface area contributed by atoms with Gasteiger partial charge in [0.15, 0.2) is 5.65 Å². The number of nitrogens with zero attached hydrogens (tertiary/aromatic N) is 3. The van der Waals surface area contributed by atoms with E-state index in [0.29, 0.717) is 0 Å². The first-order valence-electron chi connectivity index (χ1n) is 5.79. The van der Waals surface area contributed by atoms with Crippen molar-refractivity contribution in [3.63, 3.8) is 0 Å². The maximum Gasteiger partial charge on any atom is 0.155 e. The summed E-state index contributed by atoms with van der Waals surface area (Å²) in [6, 6.07) is 2.04. The summed E-state index contributed by atoms with van der Waals surface area (Å²) in [6.45, 7) is 12.5. The standard InChI is InChI=1S/C11H15N3.C2H6/c1-8-6-12-10-5-9(11(2,3)4)13-14(10)7-8;1-2/h5-7H,1-4H3;1-2H3. The summed E-state index contributed by atoms with van der Waals surface area (Å²) in [6.07, 6.45) is 3.86. The van der Waals surface area contributed by atoms with Crippen molar-refractivity contribution < 1.29 is 0 Å². The number of fused-ring (bicyclic) bond motifs is 1. The molecule has 2 rings (SSSR count). The largest absolute Gasteiger partial charge is 0.237 e. The highest BCUT2D eigenvalue weighted by atomic mass is 15.2. The summed E-state index contributed by atoms with van der Waals surface area (Å²) in [4.78, 5) is 4.32. The molecule has 0 bridgehead atoms. The highest BCUT2D eigenvalue weighted by molar-refractivity contribution is 5.40. The van der Waals surface area contributed by atoms with Crippen LogP contribution in [0.5, 0.6) is 0 Å². The van der Waals surface area contributed by atoms with E-state index in [1.807, 2.05) is 43.7 Å². The van der Waals surface area contributed by atoms with Crippen LogP contribution in [0, 0.1) is 6.92 Å². The van der Waals surface area contributed by atoms with Gasteiger partial charge < -0.3 is 0 Å². The van der Waals surface area contributed by atoms with E-state index < -0.39 is 0 Å². The first kappa shape index (κ1) is 12.7. The maximum absolute atomic E-state index is 4.50. The van der Waals surface area contributed by atoms with E-state index >= 15 is 0 Å². The monoisotopic (exact) mass is 219 g/mol. The molecule has 0 aliphatic rings. The second kappa shape index (κ2) is 4.64. The van der Waals surface area contributed by atoms with E-state index in [2.05, 4.69) is 30.9 Å². The van der Waals surface area contributed by atoms with Gasteiger partial charge in [-0.1, -0.05) is 34.6 Å². The minimum Gasteiger partial charge on any atom is -0.237 e. The molecule has 2 aromatic heterocycles. The smallest absolute Gasteiger partial charge is 0.155 e. The van der Waals surface area contributed by atoms with Crippen molar-refractivity contribution in [3.05, 3.63) is 29.7 Å². The second-order valence-electron chi connectivity index (χ2n) is 4.71. The van der Waals surface area contributed by atoms with E-state index in [1.54, 1.807) is 0 Å². The minimum absolute atomic E-state index is 0.0849. The zero-order valence-electron chi connectivity index (χ0n) is 11.1. The van der Waals surface area contributed by atoms with E-state index in [1.165, 1.54) is 0 Å². The SMILES string of the molecule is CC.Cc1cnc2cc(C(C)(C)C)nn2c1. The van der Waals surface area contributed by atoms with Crippen LogP contribution in [0.25, 0.3) is 5.65 Å². The molecule has 0 aliphatic carbocycles. The zero-order valence-corrected chi connectivity index (χ0v) is 11.1. The van der Waals surface area contributed by atoms with Crippen molar-refractivity contribution in [3.8, 4) is 0 Å². The lowest BCUT2D eigenvalue weighted by molar-refractivity contribution is 0.562. The van der Waals surface area contributed by atoms with Crippen LogP contribution >= 0.6 is 0 Å². The third-order valence-corrected chi connectivity index (χ3v) is 2.21. The minimum atomic E-state index is 0.0849. The fourth-order valence-electron chi connectivity index (χ4n) is 1.34. The van der Waals surface area contributed by atoms with Crippen molar-refractivity contribution in [2.45, 2.75) is 47.0 Å². The zero-order chi connectivity index (χ0) is 12.3. The first-order valence-corrected chi connectivity index (χ1v) is 5.79. The van der Waals surface area contributed by atoms with Gasteiger partial charge in [0.05, 0.1) is 5.69 Å². The normalized spacial score (nSPS) is 11.1. The number of hydrogen-bond donors (Lipinski definition) is 0. The molecule has 2 heterocycles. The van der Waals surface area contributed by atoms with Crippen molar-refractivity contribution in [2.75, 3.05) is 0 Å². The van der Waals surface area contributed by atoms with Crippen molar-refractivity contribution >= 4 is 5.65 Å². The van der Waals surface area contributed by atoms with Crippen molar-refractivity contribution in [1.29, 1.82) is 0 Å². The first-order chi connectivity index (χ1) is 7.47. The Labute approximate surface area is 97.5 Å².